The van der Waals surface area contributed by atoms with E-state index in [1.165, 1.54) is 4.31 Å². The number of nitrogens with zero attached hydrogens (tertiary/aromatic N) is 1. The van der Waals surface area contributed by atoms with Crippen molar-refractivity contribution in [2.75, 3.05) is 26.5 Å². The Morgan fingerprint density at radius 3 is 2.61 bits per heavy atom. The summed E-state index contributed by atoms with van der Waals surface area (Å²) in [5.41, 5.74) is 1.09. The monoisotopic (exact) mass is 340 g/mol. The van der Waals surface area contributed by atoms with E-state index in [1.807, 2.05) is 24.3 Å². The summed E-state index contributed by atoms with van der Waals surface area (Å²) in [5.74, 6) is 0.590. The number of benzene rings is 1. The number of rotatable bonds is 6. The van der Waals surface area contributed by atoms with Crippen molar-refractivity contribution in [3.63, 3.8) is 0 Å². The number of methoxy groups -OCH3 is 1. The van der Waals surface area contributed by atoms with Gasteiger partial charge in [-0.05, 0) is 37.0 Å². The fraction of sp³-hybridized carbons (Fsp3) is 0.562. The average molecular weight is 340 g/mol. The highest BCUT2D eigenvalue weighted by Gasteiger charge is 2.34. The molecule has 7 heteroatoms. The van der Waals surface area contributed by atoms with Crippen LogP contribution in [0.25, 0.3) is 0 Å². The van der Waals surface area contributed by atoms with Crippen LogP contribution in [-0.2, 0) is 21.2 Å². The summed E-state index contributed by atoms with van der Waals surface area (Å²) < 4.78 is 30.0. The number of amides is 1. The molecule has 1 heterocycles. The Labute approximate surface area is 137 Å². The van der Waals surface area contributed by atoms with Crippen molar-refractivity contribution in [3.05, 3.63) is 29.8 Å². The first-order valence-corrected chi connectivity index (χ1v) is 9.64. The molecular weight excluding hydrogens is 316 g/mol. The molecule has 0 aromatic heterocycles. The number of sulfonamides is 1. The van der Waals surface area contributed by atoms with Crippen molar-refractivity contribution in [2.24, 2.45) is 0 Å². The summed E-state index contributed by atoms with van der Waals surface area (Å²) in [6.07, 6.45) is 4.13. The van der Waals surface area contributed by atoms with Crippen LogP contribution in [0.5, 0.6) is 5.75 Å². The highest BCUT2D eigenvalue weighted by atomic mass is 32.2. The Balaban J connectivity index is 1.87. The van der Waals surface area contributed by atoms with E-state index in [0.29, 0.717) is 25.9 Å². The van der Waals surface area contributed by atoms with Gasteiger partial charge >= 0.3 is 0 Å². The predicted octanol–water partition coefficient (Wildman–Crippen LogP) is 1.17. The van der Waals surface area contributed by atoms with Crippen molar-refractivity contribution in [2.45, 2.75) is 31.7 Å². The first kappa shape index (κ1) is 17.7. The summed E-state index contributed by atoms with van der Waals surface area (Å²) >= 11 is 0. The largest absolute Gasteiger partial charge is 0.497 e. The topological polar surface area (TPSA) is 75.7 Å². The molecular formula is C16H24N2O4S. The summed E-state index contributed by atoms with van der Waals surface area (Å²) in [6, 6.07) is 7.09. The molecule has 0 unspecified atom stereocenters. The van der Waals surface area contributed by atoms with E-state index in [4.69, 9.17) is 4.74 Å². The normalized spacial score (nSPS) is 19.3. The Kier molecular flexibility index (Phi) is 6.01. The minimum absolute atomic E-state index is 0.205. The predicted molar refractivity (Wildman–Crippen MR) is 88.9 cm³/mol. The van der Waals surface area contributed by atoms with E-state index in [-0.39, 0.29) is 5.91 Å². The number of piperidine rings is 1. The maximum absolute atomic E-state index is 12.3. The summed E-state index contributed by atoms with van der Waals surface area (Å²) in [6.45, 7) is 0.911. The van der Waals surface area contributed by atoms with Gasteiger partial charge in [0.25, 0.3) is 0 Å². The zero-order valence-corrected chi connectivity index (χ0v) is 14.4. The van der Waals surface area contributed by atoms with Crippen molar-refractivity contribution in [3.8, 4) is 5.75 Å². The van der Waals surface area contributed by atoms with Crippen molar-refractivity contribution < 1.29 is 17.9 Å². The first-order valence-electron chi connectivity index (χ1n) is 7.79. The minimum Gasteiger partial charge on any atom is -0.497 e. The van der Waals surface area contributed by atoms with Crippen LogP contribution in [0.2, 0.25) is 0 Å². The lowest BCUT2D eigenvalue weighted by molar-refractivity contribution is -0.125. The van der Waals surface area contributed by atoms with Gasteiger partial charge in [0.2, 0.25) is 15.9 Å². The molecule has 1 saturated heterocycles. The second-order valence-electron chi connectivity index (χ2n) is 5.77. The average Bonchev–Trinajstić information content (AvgIpc) is 2.54. The van der Waals surface area contributed by atoms with Crippen LogP contribution in [-0.4, -0.2) is 51.1 Å². The zero-order chi connectivity index (χ0) is 16.9. The minimum atomic E-state index is -3.35. The molecule has 1 aliphatic heterocycles. The number of carbonyl (C=O) groups excluding carboxylic acids is 1. The number of carbonyl (C=O) groups is 1. The lowest BCUT2D eigenvalue weighted by Crippen LogP contribution is -2.51. The molecule has 0 radical (unpaired) electrons. The van der Waals surface area contributed by atoms with Crippen molar-refractivity contribution in [1.29, 1.82) is 0 Å². The van der Waals surface area contributed by atoms with Crippen LogP contribution in [0.3, 0.4) is 0 Å². The molecule has 0 spiro atoms. The van der Waals surface area contributed by atoms with Crippen LogP contribution in [0.1, 0.15) is 24.8 Å². The van der Waals surface area contributed by atoms with Gasteiger partial charge in [-0.15, -0.1) is 0 Å². The zero-order valence-electron chi connectivity index (χ0n) is 13.6. The molecule has 1 aromatic rings. The van der Waals surface area contributed by atoms with Gasteiger partial charge in [0.15, 0.2) is 0 Å². The van der Waals surface area contributed by atoms with Gasteiger partial charge in [-0.1, -0.05) is 18.6 Å². The fourth-order valence-corrected chi connectivity index (χ4v) is 3.93. The molecule has 1 aromatic carbocycles. The second kappa shape index (κ2) is 7.79. The Hall–Kier alpha value is -1.60. The molecule has 0 aliphatic carbocycles. The molecule has 2 rings (SSSR count). The quantitative estimate of drug-likeness (QED) is 0.843. The van der Waals surface area contributed by atoms with Gasteiger partial charge in [0, 0.05) is 13.1 Å². The Morgan fingerprint density at radius 2 is 2.00 bits per heavy atom. The third kappa shape index (κ3) is 4.94. The van der Waals surface area contributed by atoms with Crippen LogP contribution in [0.15, 0.2) is 24.3 Å². The standard InChI is InChI=1S/C16H24N2O4S/c1-22-14-8-6-13(7-9-14)10-11-17-16(19)15-5-3-4-12-18(15)23(2,20)21/h6-9,15H,3-5,10-12H2,1-2H3,(H,17,19)/t15-/m0/s1. The molecule has 1 aliphatic rings. The Morgan fingerprint density at radius 1 is 1.30 bits per heavy atom. The van der Waals surface area contributed by atoms with E-state index in [9.17, 15) is 13.2 Å². The van der Waals surface area contributed by atoms with Crippen LogP contribution >= 0.6 is 0 Å². The molecule has 0 saturated carbocycles. The molecule has 1 N–H and O–H groups in total. The molecule has 128 valence electrons. The van der Waals surface area contributed by atoms with E-state index in [1.54, 1.807) is 7.11 Å². The second-order valence-corrected chi connectivity index (χ2v) is 7.71. The highest BCUT2D eigenvalue weighted by molar-refractivity contribution is 7.88. The van der Waals surface area contributed by atoms with Gasteiger partial charge in [-0.2, -0.15) is 4.31 Å². The molecule has 0 bridgehead atoms. The molecule has 1 atom stereocenters. The smallest absolute Gasteiger partial charge is 0.238 e. The van der Waals surface area contributed by atoms with Gasteiger partial charge in [0.05, 0.1) is 13.4 Å². The lowest BCUT2D eigenvalue weighted by atomic mass is 10.0. The molecule has 6 nitrogen and oxygen atoms in total. The highest BCUT2D eigenvalue weighted by Crippen LogP contribution is 2.20. The van der Waals surface area contributed by atoms with Gasteiger partial charge in [0.1, 0.15) is 11.8 Å². The summed E-state index contributed by atoms with van der Waals surface area (Å²) in [7, 11) is -1.73. The number of hydrogen-bond donors (Lipinski definition) is 1. The number of nitrogens with one attached hydrogen (secondary N) is 1. The maximum atomic E-state index is 12.3. The third-order valence-corrected chi connectivity index (χ3v) is 5.34. The van der Waals surface area contributed by atoms with E-state index in [2.05, 4.69) is 5.32 Å². The van der Waals surface area contributed by atoms with Crippen LogP contribution in [0, 0.1) is 0 Å². The first-order chi connectivity index (χ1) is 10.9. The van der Waals surface area contributed by atoms with Crippen molar-refractivity contribution in [1.82, 2.24) is 9.62 Å². The van der Waals surface area contributed by atoms with Gasteiger partial charge < -0.3 is 10.1 Å². The van der Waals surface area contributed by atoms with E-state index in [0.717, 1.165) is 30.4 Å². The summed E-state index contributed by atoms with van der Waals surface area (Å²) in [5, 5.41) is 2.86. The molecule has 23 heavy (non-hydrogen) atoms. The van der Waals surface area contributed by atoms with Crippen LogP contribution in [0.4, 0.5) is 0 Å². The third-order valence-electron chi connectivity index (χ3n) is 4.05. The van der Waals surface area contributed by atoms with Gasteiger partial charge in [-0.3, -0.25) is 4.79 Å². The summed E-state index contributed by atoms with van der Waals surface area (Å²) in [4.78, 5) is 12.3. The number of ether oxygens (including phenoxy) is 1. The Bertz CT molecular complexity index is 628. The SMILES string of the molecule is COc1ccc(CCNC(=O)[C@@H]2CCCCN2S(C)(=O)=O)cc1. The van der Waals surface area contributed by atoms with Crippen molar-refractivity contribution >= 4 is 15.9 Å². The van der Waals surface area contributed by atoms with Gasteiger partial charge in [-0.25, -0.2) is 8.42 Å². The maximum Gasteiger partial charge on any atom is 0.238 e. The van der Waals surface area contributed by atoms with E-state index < -0.39 is 16.1 Å². The lowest BCUT2D eigenvalue weighted by Gasteiger charge is -2.32. The van der Waals surface area contributed by atoms with E-state index >= 15 is 0 Å². The fourth-order valence-electron chi connectivity index (χ4n) is 2.80. The number of hydrogen-bond acceptors (Lipinski definition) is 4. The van der Waals surface area contributed by atoms with Crippen LogP contribution < -0.4 is 10.1 Å². The molecule has 1 fully saturated rings. The molecule has 1 amide bonds.